The Morgan fingerprint density at radius 1 is 1.29 bits per heavy atom. The lowest BCUT2D eigenvalue weighted by Crippen LogP contribution is -2.45. The number of benzene rings is 1. The summed E-state index contributed by atoms with van der Waals surface area (Å²) in [5, 5.41) is 0. The largest absolute Gasteiger partial charge is 0.454 e. The number of nitrogens with zero attached hydrogens (tertiary/aromatic N) is 1. The summed E-state index contributed by atoms with van der Waals surface area (Å²) in [6.07, 6.45) is 4.53. The van der Waals surface area contributed by atoms with Crippen LogP contribution in [0.25, 0.3) is 0 Å². The number of rotatable bonds is 3. The molecule has 1 saturated carbocycles. The van der Waals surface area contributed by atoms with Gasteiger partial charge in [-0.2, -0.15) is 0 Å². The van der Waals surface area contributed by atoms with Crippen LogP contribution in [0.3, 0.4) is 0 Å². The Kier molecular flexibility index (Phi) is 4.01. The molecule has 0 bridgehead atoms. The van der Waals surface area contributed by atoms with Crippen LogP contribution in [0.1, 0.15) is 36.0 Å². The summed E-state index contributed by atoms with van der Waals surface area (Å²) in [6.45, 7) is 0.865. The minimum absolute atomic E-state index is 0.0265. The summed E-state index contributed by atoms with van der Waals surface area (Å²) in [6, 6.07) is 5.60. The molecule has 21 heavy (non-hydrogen) atoms. The van der Waals surface area contributed by atoms with Gasteiger partial charge in [0.25, 0.3) is 5.91 Å². The number of carbonyl (C=O) groups is 1. The van der Waals surface area contributed by atoms with E-state index < -0.39 is 0 Å². The molecule has 2 aliphatic rings. The molecule has 2 atom stereocenters. The third-order valence-electron chi connectivity index (χ3n) is 4.61. The molecule has 1 aromatic carbocycles. The number of hydrogen-bond donors (Lipinski definition) is 1. The van der Waals surface area contributed by atoms with Gasteiger partial charge in [0.15, 0.2) is 11.5 Å². The van der Waals surface area contributed by atoms with Gasteiger partial charge in [0.05, 0.1) is 0 Å². The van der Waals surface area contributed by atoms with Gasteiger partial charge in [-0.05, 0) is 43.5 Å². The highest BCUT2D eigenvalue weighted by Gasteiger charge is 2.30. The van der Waals surface area contributed by atoms with Gasteiger partial charge in [-0.25, -0.2) is 0 Å². The maximum Gasteiger partial charge on any atom is 0.253 e. The molecule has 1 heterocycles. The summed E-state index contributed by atoms with van der Waals surface area (Å²) >= 11 is 0. The lowest BCUT2D eigenvalue weighted by Gasteiger charge is -2.37. The highest BCUT2D eigenvalue weighted by atomic mass is 16.7. The maximum absolute atomic E-state index is 12.7. The van der Waals surface area contributed by atoms with Crippen LogP contribution in [-0.4, -0.2) is 37.2 Å². The molecule has 1 aliphatic heterocycles. The molecule has 1 aliphatic carbocycles. The fourth-order valence-corrected chi connectivity index (χ4v) is 3.36. The zero-order valence-electron chi connectivity index (χ0n) is 12.4. The van der Waals surface area contributed by atoms with Crippen LogP contribution < -0.4 is 15.2 Å². The van der Waals surface area contributed by atoms with E-state index in [4.69, 9.17) is 15.2 Å². The molecule has 0 aromatic heterocycles. The molecule has 0 radical (unpaired) electrons. The van der Waals surface area contributed by atoms with Crippen molar-refractivity contribution in [3.8, 4) is 11.5 Å². The van der Waals surface area contributed by atoms with Gasteiger partial charge < -0.3 is 20.1 Å². The summed E-state index contributed by atoms with van der Waals surface area (Å²) < 4.78 is 10.6. The van der Waals surface area contributed by atoms with Crippen molar-refractivity contribution in [2.24, 2.45) is 11.7 Å². The number of nitrogens with two attached hydrogens (primary N) is 1. The highest BCUT2D eigenvalue weighted by molar-refractivity contribution is 5.95. The van der Waals surface area contributed by atoms with Crippen molar-refractivity contribution < 1.29 is 14.3 Å². The predicted molar refractivity (Wildman–Crippen MR) is 79.5 cm³/mol. The van der Waals surface area contributed by atoms with E-state index in [0.717, 1.165) is 12.8 Å². The van der Waals surface area contributed by atoms with E-state index in [2.05, 4.69) is 0 Å². The lowest BCUT2D eigenvalue weighted by atomic mass is 9.83. The summed E-state index contributed by atoms with van der Waals surface area (Å²) in [7, 11) is 1.88. The van der Waals surface area contributed by atoms with Gasteiger partial charge in [-0.1, -0.05) is 12.8 Å². The van der Waals surface area contributed by atoms with Crippen LogP contribution >= 0.6 is 0 Å². The van der Waals surface area contributed by atoms with Crippen molar-refractivity contribution in [3.63, 3.8) is 0 Å². The Bertz CT molecular complexity index is 532. The predicted octanol–water partition coefficient (Wildman–Crippen LogP) is 2.00. The first-order valence-corrected chi connectivity index (χ1v) is 7.57. The number of fused-ring (bicyclic) bond motifs is 1. The van der Waals surface area contributed by atoms with Crippen LogP contribution in [0.15, 0.2) is 18.2 Å². The van der Waals surface area contributed by atoms with Crippen LogP contribution in [0.2, 0.25) is 0 Å². The summed E-state index contributed by atoms with van der Waals surface area (Å²) in [5.74, 6) is 1.78. The monoisotopic (exact) mass is 290 g/mol. The van der Waals surface area contributed by atoms with Gasteiger partial charge in [0.1, 0.15) is 0 Å². The minimum Gasteiger partial charge on any atom is -0.454 e. The molecule has 1 aromatic rings. The number of amides is 1. The second kappa shape index (κ2) is 5.93. The van der Waals surface area contributed by atoms with Gasteiger partial charge in [-0.15, -0.1) is 0 Å². The van der Waals surface area contributed by atoms with Crippen LogP contribution in [0.5, 0.6) is 11.5 Å². The van der Waals surface area contributed by atoms with Crippen molar-refractivity contribution in [3.05, 3.63) is 23.8 Å². The van der Waals surface area contributed by atoms with E-state index in [9.17, 15) is 4.79 Å². The molecular formula is C16H22N2O3. The molecular weight excluding hydrogens is 268 g/mol. The molecule has 1 fully saturated rings. The Labute approximate surface area is 125 Å². The standard InChI is InChI=1S/C16H22N2O3/c1-18(13-5-3-2-4-12(13)9-17)16(19)11-6-7-14-15(8-11)21-10-20-14/h6-8,12-13H,2-5,9-10,17H2,1H3. The van der Waals surface area contributed by atoms with Gasteiger partial charge in [0.2, 0.25) is 6.79 Å². The first-order chi connectivity index (χ1) is 10.2. The molecule has 114 valence electrons. The Morgan fingerprint density at radius 2 is 2.05 bits per heavy atom. The molecule has 2 N–H and O–H groups in total. The van der Waals surface area contributed by atoms with Gasteiger partial charge in [-0.3, -0.25) is 4.79 Å². The van der Waals surface area contributed by atoms with Crippen molar-refractivity contribution in [2.45, 2.75) is 31.7 Å². The summed E-state index contributed by atoms with van der Waals surface area (Å²) in [4.78, 5) is 14.5. The molecule has 3 rings (SSSR count). The normalized spacial score (nSPS) is 23.9. The second-order valence-corrected chi connectivity index (χ2v) is 5.83. The third-order valence-corrected chi connectivity index (χ3v) is 4.61. The molecule has 5 nitrogen and oxygen atoms in total. The quantitative estimate of drug-likeness (QED) is 0.925. The fraction of sp³-hybridized carbons (Fsp3) is 0.562. The Morgan fingerprint density at radius 3 is 2.86 bits per heavy atom. The van der Waals surface area contributed by atoms with Gasteiger partial charge in [0, 0.05) is 18.7 Å². The molecule has 0 spiro atoms. The first-order valence-electron chi connectivity index (χ1n) is 7.57. The fourth-order valence-electron chi connectivity index (χ4n) is 3.36. The average molecular weight is 290 g/mol. The van der Waals surface area contributed by atoms with E-state index in [1.54, 1.807) is 18.2 Å². The molecule has 0 saturated heterocycles. The SMILES string of the molecule is CN(C(=O)c1ccc2c(c1)OCO2)C1CCCCC1CN. The molecule has 5 heteroatoms. The first kappa shape index (κ1) is 14.2. The zero-order valence-corrected chi connectivity index (χ0v) is 12.4. The van der Waals surface area contributed by atoms with Crippen molar-refractivity contribution in [2.75, 3.05) is 20.4 Å². The average Bonchev–Trinajstić information content (AvgIpc) is 3.00. The number of carbonyl (C=O) groups excluding carboxylic acids is 1. The third kappa shape index (κ3) is 2.70. The van der Waals surface area contributed by atoms with Gasteiger partial charge >= 0.3 is 0 Å². The molecule has 1 amide bonds. The lowest BCUT2D eigenvalue weighted by molar-refractivity contribution is 0.0620. The number of ether oxygens (including phenoxy) is 2. The van der Waals surface area contributed by atoms with Crippen molar-refractivity contribution in [1.82, 2.24) is 4.90 Å². The maximum atomic E-state index is 12.7. The van der Waals surface area contributed by atoms with Crippen LogP contribution in [0, 0.1) is 5.92 Å². The van der Waals surface area contributed by atoms with Crippen LogP contribution in [-0.2, 0) is 0 Å². The van der Waals surface area contributed by atoms with E-state index in [1.807, 2.05) is 11.9 Å². The topological polar surface area (TPSA) is 64.8 Å². The Balaban J connectivity index is 1.77. The summed E-state index contributed by atoms with van der Waals surface area (Å²) in [5.41, 5.74) is 6.51. The molecule has 2 unspecified atom stereocenters. The smallest absolute Gasteiger partial charge is 0.253 e. The minimum atomic E-state index is 0.0265. The van der Waals surface area contributed by atoms with E-state index in [0.29, 0.717) is 29.5 Å². The van der Waals surface area contributed by atoms with Crippen LogP contribution in [0.4, 0.5) is 0 Å². The number of hydrogen-bond acceptors (Lipinski definition) is 4. The van der Waals surface area contributed by atoms with E-state index in [1.165, 1.54) is 12.8 Å². The van der Waals surface area contributed by atoms with E-state index >= 15 is 0 Å². The Hall–Kier alpha value is -1.75. The zero-order chi connectivity index (χ0) is 14.8. The van der Waals surface area contributed by atoms with Crippen molar-refractivity contribution >= 4 is 5.91 Å². The van der Waals surface area contributed by atoms with E-state index in [-0.39, 0.29) is 18.7 Å². The van der Waals surface area contributed by atoms with Crippen molar-refractivity contribution in [1.29, 1.82) is 0 Å². The highest BCUT2D eigenvalue weighted by Crippen LogP contribution is 2.34. The second-order valence-electron chi connectivity index (χ2n) is 5.83.